The van der Waals surface area contributed by atoms with Crippen molar-refractivity contribution in [1.82, 2.24) is 0 Å². The number of quaternary nitrogens is 1. The molecular weight excluding hydrogens is 270 g/mol. The van der Waals surface area contributed by atoms with Gasteiger partial charge in [0.25, 0.3) is 0 Å². The maximum Gasteiger partial charge on any atom is 0.101 e. The van der Waals surface area contributed by atoms with Gasteiger partial charge in [0, 0.05) is 11.5 Å². The lowest BCUT2D eigenvalue weighted by molar-refractivity contribution is -0.870. The van der Waals surface area contributed by atoms with Crippen molar-refractivity contribution < 1.29 is 32.2 Å². The summed E-state index contributed by atoms with van der Waals surface area (Å²) in [5, 5.41) is 25.9. The Labute approximate surface area is 115 Å². The molecule has 0 spiro atoms. The SMILES string of the molecule is C[N+](C)(C)CCO.O[C@H](CS)[C@H](O)CS.[Cl-]. The fourth-order valence-corrected chi connectivity index (χ4v) is 1.03. The van der Waals surface area contributed by atoms with Crippen molar-refractivity contribution in [3.8, 4) is 0 Å². The van der Waals surface area contributed by atoms with Gasteiger partial charge < -0.3 is 32.2 Å². The molecule has 4 nitrogen and oxygen atoms in total. The van der Waals surface area contributed by atoms with Crippen LogP contribution in [0, 0.1) is 0 Å². The molecule has 0 saturated heterocycles. The molecule has 16 heavy (non-hydrogen) atoms. The van der Waals surface area contributed by atoms with Gasteiger partial charge in [0.2, 0.25) is 0 Å². The molecule has 7 heteroatoms. The molecule has 0 aromatic rings. The predicted molar refractivity (Wildman–Crippen MR) is 69.7 cm³/mol. The third kappa shape index (κ3) is 17.2. The van der Waals surface area contributed by atoms with E-state index < -0.39 is 12.2 Å². The second-order valence-corrected chi connectivity index (χ2v) is 4.97. The van der Waals surface area contributed by atoms with Crippen LogP contribution in [0.4, 0.5) is 0 Å². The van der Waals surface area contributed by atoms with E-state index in [2.05, 4.69) is 46.4 Å². The number of nitrogens with zero attached hydrogens (tertiary/aromatic N) is 1. The Morgan fingerprint density at radius 1 is 1.00 bits per heavy atom. The first-order valence-electron chi connectivity index (χ1n) is 4.77. The van der Waals surface area contributed by atoms with E-state index in [1.54, 1.807) is 0 Å². The minimum Gasteiger partial charge on any atom is -1.00 e. The van der Waals surface area contributed by atoms with Gasteiger partial charge in [0.1, 0.15) is 6.54 Å². The Bertz CT molecular complexity index is 139. The van der Waals surface area contributed by atoms with Crippen LogP contribution in [0.2, 0.25) is 0 Å². The van der Waals surface area contributed by atoms with Gasteiger partial charge >= 0.3 is 0 Å². The highest BCUT2D eigenvalue weighted by atomic mass is 35.5. The van der Waals surface area contributed by atoms with Crippen LogP contribution in [0.25, 0.3) is 0 Å². The second-order valence-electron chi connectivity index (χ2n) is 4.24. The summed E-state index contributed by atoms with van der Waals surface area (Å²) in [7, 11) is 6.16. The van der Waals surface area contributed by atoms with Crippen LogP contribution in [-0.2, 0) is 0 Å². The van der Waals surface area contributed by atoms with Gasteiger partial charge in [-0.3, -0.25) is 0 Å². The third-order valence-corrected chi connectivity index (χ3v) is 2.34. The van der Waals surface area contributed by atoms with E-state index in [0.29, 0.717) is 0 Å². The van der Waals surface area contributed by atoms with E-state index in [4.69, 9.17) is 15.3 Å². The van der Waals surface area contributed by atoms with Crippen molar-refractivity contribution in [3.63, 3.8) is 0 Å². The van der Waals surface area contributed by atoms with Crippen molar-refractivity contribution in [2.45, 2.75) is 12.2 Å². The highest BCUT2D eigenvalue weighted by molar-refractivity contribution is 7.80. The summed E-state index contributed by atoms with van der Waals surface area (Å²) in [6.45, 7) is 1.11. The molecule has 2 atom stereocenters. The monoisotopic (exact) mass is 293 g/mol. The van der Waals surface area contributed by atoms with Gasteiger partial charge in [-0.25, -0.2) is 0 Å². The molecule has 0 heterocycles. The lowest BCUT2D eigenvalue weighted by Gasteiger charge is -2.21. The molecule has 0 radical (unpaired) electrons. The average molecular weight is 294 g/mol. The van der Waals surface area contributed by atoms with Gasteiger partial charge in [-0.1, -0.05) is 0 Å². The number of halogens is 1. The van der Waals surface area contributed by atoms with Crippen molar-refractivity contribution in [3.05, 3.63) is 0 Å². The zero-order valence-electron chi connectivity index (χ0n) is 10.0. The number of likely N-dealkylation sites (N-methyl/N-ethyl adjacent to an activating group) is 1. The molecule has 0 aliphatic carbocycles. The van der Waals surface area contributed by atoms with E-state index in [1.807, 2.05) is 0 Å². The number of aliphatic hydroxyl groups is 3. The van der Waals surface area contributed by atoms with Gasteiger partial charge in [-0.15, -0.1) is 0 Å². The lowest BCUT2D eigenvalue weighted by atomic mass is 10.3. The Morgan fingerprint density at radius 2 is 1.31 bits per heavy atom. The highest BCUT2D eigenvalue weighted by Gasteiger charge is 2.10. The van der Waals surface area contributed by atoms with E-state index in [1.165, 1.54) is 0 Å². The predicted octanol–water partition coefficient (Wildman–Crippen LogP) is -3.74. The van der Waals surface area contributed by atoms with Gasteiger partial charge in [0.15, 0.2) is 0 Å². The Kier molecular flexibility index (Phi) is 16.9. The first-order valence-corrected chi connectivity index (χ1v) is 6.04. The standard InChI is InChI=1S/C5H14NO.C4H10O2S2.ClH/c1-6(2,3)4-5-7;5-3(1-7)4(6)2-8;/h7H,4-5H2,1-3H3;3-8H,1-2H2;1H/q+1;;/p-1/t;3-,4-;/m.1./s1. The summed E-state index contributed by atoms with van der Waals surface area (Å²) in [6, 6.07) is 0. The fourth-order valence-electron chi connectivity index (χ4n) is 0.543. The average Bonchev–Trinajstić information content (AvgIpc) is 2.14. The molecule has 0 aromatic carbocycles. The first-order chi connectivity index (χ1) is 6.78. The number of hydrogen-bond donors (Lipinski definition) is 5. The minimum absolute atomic E-state index is 0. The minimum atomic E-state index is -0.740. The molecule has 0 fully saturated rings. The topological polar surface area (TPSA) is 60.7 Å². The van der Waals surface area contributed by atoms with E-state index in [9.17, 15) is 0 Å². The van der Waals surface area contributed by atoms with Crippen LogP contribution >= 0.6 is 25.3 Å². The maximum absolute atomic E-state index is 8.75. The Hall–Kier alpha value is 0.830. The van der Waals surface area contributed by atoms with Crippen LogP contribution in [0.15, 0.2) is 0 Å². The van der Waals surface area contributed by atoms with E-state index in [-0.39, 0.29) is 30.5 Å². The Morgan fingerprint density at radius 3 is 1.38 bits per heavy atom. The number of aliphatic hydroxyl groups excluding tert-OH is 3. The number of hydrogen-bond acceptors (Lipinski definition) is 5. The largest absolute Gasteiger partial charge is 1.00 e. The molecule has 0 aliphatic rings. The third-order valence-electron chi connectivity index (χ3n) is 1.59. The summed E-state index contributed by atoms with van der Waals surface area (Å²) >= 11 is 7.53. The Balaban J connectivity index is -0.000000200. The molecule has 0 aliphatic heterocycles. The van der Waals surface area contributed by atoms with Crippen molar-refractivity contribution in [1.29, 1.82) is 0 Å². The second kappa shape index (κ2) is 12.3. The van der Waals surface area contributed by atoms with Gasteiger partial charge in [0.05, 0.1) is 40.0 Å². The van der Waals surface area contributed by atoms with Crippen molar-refractivity contribution in [2.75, 3.05) is 45.8 Å². The van der Waals surface area contributed by atoms with Crippen molar-refractivity contribution >= 4 is 25.3 Å². The molecular formula is C9H24ClNO3S2. The summed E-state index contributed by atoms with van der Waals surface area (Å²) in [5.74, 6) is 0.559. The first kappa shape index (κ1) is 22.0. The van der Waals surface area contributed by atoms with Gasteiger partial charge in [-0.2, -0.15) is 25.3 Å². The summed E-state index contributed by atoms with van der Waals surface area (Å²) < 4.78 is 0.844. The van der Waals surface area contributed by atoms with Gasteiger partial charge in [-0.05, 0) is 0 Å². The zero-order valence-corrected chi connectivity index (χ0v) is 12.6. The van der Waals surface area contributed by atoms with Crippen molar-refractivity contribution in [2.24, 2.45) is 0 Å². The molecule has 102 valence electrons. The summed E-state index contributed by atoms with van der Waals surface area (Å²) in [4.78, 5) is 0. The number of thiol groups is 2. The number of rotatable bonds is 5. The maximum atomic E-state index is 8.75. The molecule has 3 N–H and O–H groups in total. The molecule has 0 saturated carbocycles. The molecule has 0 amide bonds. The summed E-state index contributed by atoms with van der Waals surface area (Å²) in [6.07, 6.45) is -1.48. The van der Waals surface area contributed by atoms with Crippen LogP contribution in [0.3, 0.4) is 0 Å². The molecule has 0 rings (SSSR count). The summed E-state index contributed by atoms with van der Waals surface area (Å²) in [5.41, 5.74) is 0. The van der Waals surface area contributed by atoms with Crippen LogP contribution in [0.5, 0.6) is 0 Å². The quantitative estimate of drug-likeness (QED) is 0.267. The van der Waals surface area contributed by atoms with Crippen LogP contribution in [0.1, 0.15) is 0 Å². The van der Waals surface area contributed by atoms with E-state index in [0.717, 1.165) is 11.0 Å². The molecule has 0 aromatic heterocycles. The molecule has 0 bridgehead atoms. The molecule has 0 unspecified atom stereocenters. The fraction of sp³-hybridized carbons (Fsp3) is 1.00. The zero-order chi connectivity index (χ0) is 12.5. The highest BCUT2D eigenvalue weighted by Crippen LogP contribution is 1.96. The van der Waals surface area contributed by atoms with E-state index >= 15 is 0 Å². The van der Waals surface area contributed by atoms with Crippen LogP contribution < -0.4 is 12.4 Å². The lowest BCUT2D eigenvalue weighted by Crippen LogP contribution is -3.00. The normalized spacial score (nSPS) is 14.2. The smallest absolute Gasteiger partial charge is 0.101 e. The van der Waals surface area contributed by atoms with Crippen LogP contribution in [-0.4, -0.2) is 77.8 Å².